The summed E-state index contributed by atoms with van der Waals surface area (Å²) in [6.07, 6.45) is 4.54. The zero-order chi connectivity index (χ0) is 13.7. The number of aromatic nitrogens is 1. The molecule has 1 aromatic heterocycles. The maximum atomic E-state index is 5.27. The predicted octanol–water partition coefficient (Wildman–Crippen LogP) is 3.08. The van der Waals surface area contributed by atoms with Crippen LogP contribution in [0, 0.1) is 0 Å². The summed E-state index contributed by atoms with van der Waals surface area (Å²) in [5, 5.41) is 4.94. The SMILES string of the molecule is CCCC(COC)NCc1cn(C)c2ccccc12. The lowest BCUT2D eigenvalue weighted by molar-refractivity contribution is 0.161. The van der Waals surface area contributed by atoms with Gasteiger partial charge in [0.25, 0.3) is 0 Å². The number of nitrogens with one attached hydrogen (secondary N) is 1. The van der Waals surface area contributed by atoms with E-state index in [0.717, 1.165) is 19.6 Å². The van der Waals surface area contributed by atoms with Crippen LogP contribution in [0.3, 0.4) is 0 Å². The van der Waals surface area contributed by atoms with Crippen molar-refractivity contribution in [1.82, 2.24) is 9.88 Å². The van der Waals surface area contributed by atoms with Gasteiger partial charge >= 0.3 is 0 Å². The number of fused-ring (bicyclic) bond motifs is 1. The van der Waals surface area contributed by atoms with Crippen LogP contribution in [0.1, 0.15) is 25.3 Å². The fourth-order valence-corrected chi connectivity index (χ4v) is 2.61. The Morgan fingerprint density at radius 2 is 2.11 bits per heavy atom. The quantitative estimate of drug-likeness (QED) is 0.828. The van der Waals surface area contributed by atoms with Crippen LogP contribution < -0.4 is 5.32 Å². The molecule has 104 valence electrons. The number of para-hydroxylation sites is 1. The number of benzene rings is 1. The van der Waals surface area contributed by atoms with Crippen molar-refractivity contribution in [2.45, 2.75) is 32.4 Å². The number of ether oxygens (including phenoxy) is 1. The summed E-state index contributed by atoms with van der Waals surface area (Å²) in [4.78, 5) is 0. The molecule has 0 aliphatic rings. The molecule has 0 radical (unpaired) electrons. The van der Waals surface area contributed by atoms with E-state index in [4.69, 9.17) is 4.74 Å². The average molecular weight is 260 g/mol. The maximum absolute atomic E-state index is 5.27. The lowest BCUT2D eigenvalue weighted by Gasteiger charge is -2.16. The minimum Gasteiger partial charge on any atom is -0.383 e. The first-order valence-corrected chi connectivity index (χ1v) is 7.01. The van der Waals surface area contributed by atoms with Gasteiger partial charge < -0.3 is 14.6 Å². The Hall–Kier alpha value is -1.32. The lowest BCUT2D eigenvalue weighted by atomic mass is 10.1. The Morgan fingerprint density at radius 1 is 1.32 bits per heavy atom. The molecular weight excluding hydrogens is 236 g/mol. The molecule has 1 atom stereocenters. The van der Waals surface area contributed by atoms with Gasteiger partial charge in [0, 0.05) is 43.8 Å². The number of hydrogen-bond donors (Lipinski definition) is 1. The topological polar surface area (TPSA) is 26.2 Å². The Bertz CT molecular complexity index is 512. The highest BCUT2D eigenvalue weighted by Crippen LogP contribution is 2.20. The first-order valence-electron chi connectivity index (χ1n) is 7.01. The molecule has 0 spiro atoms. The fraction of sp³-hybridized carbons (Fsp3) is 0.500. The summed E-state index contributed by atoms with van der Waals surface area (Å²) in [7, 11) is 3.87. The minimum absolute atomic E-state index is 0.439. The van der Waals surface area contributed by atoms with Crippen molar-refractivity contribution in [3.05, 3.63) is 36.0 Å². The molecule has 1 aromatic carbocycles. The second kappa shape index (κ2) is 6.73. The summed E-state index contributed by atoms with van der Waals surface area (Å²) in [6, 6.07) is 8.98. The van der Waals surface area contributed by atoms with Gasteiger partial charge in [-0.2, -0.15) is 0 Å². The fourth-order valence-electron chi connectivity index (χ4n) is 2.61. The third kappa shape index (κ3) is 3.37. The summed E-state index contributed by atoms with van der Waals surface area (Å²) in [5.74, 6) is 0. The Morgan fingerprint density at radius 3 is 2.84 bits per heavy atom. The highest BCUT2D eigenvalue weighted by Gasteiger charge is 2.09. The second-order valence-electron chi connectivity index (χ2n) is 5.10. The molecule has 0 fully saturated rings. The number of aryl methyl sites for hydroxylation is 1. The van der Waals surface area contributed by atoms with Crippen molar-refractivity contribution >= 4 is 10.9 Å². The van der Waals surface area contributed by atoms with E-state index < -0.39 is 0 Å². The van der Waals surface area contributed by atoms with E-state index in [1.54, 1.807) is 7.11 Å². The minimum atomic E-state index is 0.439. The van der Waals surface area contributed by atoms with Crippen molar-refractivity contribution in [2.75, 3.05) is 13.7 Å². The molecule has 0 saturated carbocycles. The molecular formula is C16H24N2O. The molecule has 0 amide bonds. The zero-order valence-corrected chi connectivity index (χ0v) is 12.1. The van der Waals surface area contributed by atoms with Crippen LogP contribution in [-0.4, -0.2) is 24.3 Å². The van der Waals surface area contributed by atoms with E-state index in [9.17, 15) is 0 Å². The molecule has 0 aliphatic heterocycles. The molecule has 19 heavy (non-hydrogen) atoms. The normalized spacial score (nSPS) is 13.0. The van der Waals surface area contributed by atoms with Crippen LogP contribution in [0.15, 0.2) is 30.5 Å². The Kier molecular flexibility index (Phi) is 5.00. The highest BCUT2D eigenvalue weighted by atomic mass is 16.5. The number of rotatable bonds is 7. The lowest BCUT2D eigenvalue weighted by Crippen LogP contribution is -2.32. The smallest absolute Gasteiger partial charge is 0.0615 e. The van der Waals surface area contributed by atoms with Crippen LogP contribution in [0.4, 0.5) is 0 Å². The van der Waals surface area contributed by atoms with Crippen LogP contribution in [-0.2, 0) is 18.3 Å². The van der Waals surface area contributed by atoms with E-state index in [0.29, 0.717) is 6.04 Å². The molecule has 1 heterocycles. The Labute approximate surface area is 115 Å². The van der Waals surface area contributed by atoms with E-state index in [-0.39, 0.29) is 0 Å². The van der Waals surface area contributed by atoms with Crippen molar-refractivity contribution < 1.29 is 4.74 Å². The van der Waals surface area contributed by atoms with E-state index in [1.165, 1.54) is 22.9 Å². The van der Waals surface area contributed by atoms with Gasteiger partial charge in [-0.3, -0.25) is 0 Å². The number of methoxy groups -OCH3 is 1. The van der Waals surface area contributed by atoms with Crippen LogP contribution in [0.5, 0.6) is 0 Å². The summed E-state index contributed by atoms with van der Waals surface area (Å²) in [5.41, 5.74) is 2.65. The van der Waals surface area contributed by atoms with Gasteiger partial charge in [0.05, 0.1) is 6.61 Å². The first kappa shape index (κ1) is 14.1. The summed E-state index contributed by atoms with van der Waals surface area (Å²) >= 11 is 0. The molecule has 0 aliphatic carbocycles. The molecule has 1 N–H and O–H groups in total. The largest absolute Gasteiger partial charge is 0.383 e. The molecule has 0 saturated heterocycles. The van der Waals surface area contributed by atoms with E-state index >= 15 is 0 Å². The van der Waals surface area contributed by atoms with Gasteiger partial charge in [-0.05, 0) is 18.1 Å². The molecule has 2 rings (SSSR count). The summed E-state index contributed by atoms with van der Waals surface area (Å²) in [6.45, 7) is 3.89. The molecule has 0 bridgehead atoms. The van der Waals surface area contributed by atoms with E-state index in [2.05, 4.69) is 54.3 Å². The average Bonchev–Trinajstić information content (AvgIpc) is 2.74. The third-order valence-corrected chi connectivity index (χ3v) is 3.57. The predicted molar refractivity (Wildman–Crippen MR) is 80.3 cm³/mol. The van der Waals surface area contributed by atoms with Gasteiger partial charge in [0.2, 0.25) is 0 Å². The highest BCUT2D eigenvalue weighted by molar-refractivity contribution is 5.83. The van der Waals surface area contributed by atoms with Crippen LogP contribution in [0.2, 0.25) is 0 Å². The van der Waals surface area contributed by atoms with Crippen molar-refractivity contribution in [3.63, 3.8) is 0 Å². The van der Waals surface area contributed by atoms with E-state index in [1.807, 2.05) is 0 Å². The van der Waals surface area contributed by atoms with Gasteiger partial charge in [0.1, 0.15) is 0 Å². The van der Waals surface area contributed by atoms with Crippen molar-refractivity contribution in [1.29, 1.82) is 0 Å². The standard InChI is InChI=1S/C16H24N2O/c1-4-7-14(12-19-3)17-10-13-11-18(2)16-9-6-5-8-15(13)16/h5-6,8-9,11,14,17H,4,7,10,12H2,1-3H3. The zero-order valence-electron chi connectivity index (χ0n) is 12.1. The number of hydrogen-bond acceptors (Lipinski definition) is 2. The maximum Gasteiger partial charge on any atom is 0.0615 e. The second-order valence-corrected chi connectivity index (χ2v) is 5.10. The Balaban J connectivity index is 2.08. The van der Waals surface area contributed by atoms with Crippen molar-refractivity contribution in [3.8, 4) is 0 Å². The first-order chi connectivity index (χ1) is 9.26. The van der Waals surface area contributed by atoms with Crippen LogP contribution in [0.25, 0.3) is 10.9 Å². The van der Waals surface area contributed by atoms with Crippen LogP contribution >= 0.6 is 0 Å². The summed E-state index contributed by atoms with van der Waals surface area (Å²) < 4.78 is 7.46. The van der Waals surface area contributed by atoms with Gasteiger partial charge in [-0.25, -0.2) is 0 Å². The van der Waals surface area contributed by atoms with Gasteiger partial charge in [0.15, 0.2) is 0 Å². The van der Waals surface area contributed by atoms with Gasteiger partial charge in [-0.1, -0.05) is 31.5 Å². The molecule has 2 aromatic rings. The van der Waals surface area contributed by atoms with Gasteiger partial charge in [-0.15, -0.1) is 0 Å². The molecule has 3 nitrogen and oxygen atoms in total. The van der Waals surface area contributed by atoms with Crippen molar-refractivity contribution in [2.24, 2.45) is 7.05 Å². The monoisotopic (exact) mass is 260 g/mol. The molecule has 3 heteroatoms. The molecule has 1 unspecified atom stereocenters. The number of nitrogens with zero attached hydrogens (tertiary/aromatic N) is 1. The third-order valence-electron chi connectivity index (χ3n) is 3.57.